The number of carbonyl (C=O) groups is 1. The van der Waals surface area contributed by atoms with Crippen molar-refractivity contribution in [1.82, 2.24) is 5.32 Å². The molecule has 1 heterocycles. The normalized spacial score (nSPS) is 13.1. The Morgan fingerprint density at radius 1 is 1.17 bits per heavy atom. The fourth-order valence-corrected chi connectivity index (χ4v) is 3.26. The highest BCUT2D eigenvalue weighted by atomic mass is 32.1. The van der Waals surface area contributed by atoms with Gasteiger partial charge in [-0.25, -0.2) is 0 Å². The lowest BCUT2D eigenvalue weighted by Crippen LogP contribution is -2.42. The van der Waals surface area contributed by atoms with Gasteiger partial charge in [0.15, 0.2) is 0 Å². The number of nitrogens with one attached hydrogen (secondary N) is 1. The minimum Gasteiger partial charge on any atom is -0.353 e. The smallest absolute Gasteiger partial charge is 0.230 e. The zero-order valence-corrected chi connectivity index (χ0v) is 15.1. The van der Waals surface area contributed by atoms with Gasteiger partial charge < -0.3 is 11.1 Å². The maximum atomic E-state index is 12.5. The monoisotopic (exact) mass is 330 g/mol. The first kappa shape index (κ1) is 17.7. The number of thiophene rings is 1. The molecule has 4 heteroatoms. The molecule has 1 amide bonds. The fourth-order valence-electron chi connectivity index (χ4n) is 2.42. The average molecular weight is 330 g/mol. The minimum atomic E-state index is -0.532. The lowest BCUT2D eigenvalue weighted by Gasteiger charge is -2.23. The van der Waals surface area contributed by atoms with Gasteiger partial charge in [0.05, 0.1) is 5.41 Å². The van der Waals surface area contributed by atoms with Gasteiger partial charge in [-0.2, -0.15) is 0 Å². The molecular weight excluding hydrogens is 304 g/mol. The second-order valence-corrected chi connectivity index (χ2v) is 7.69. The first-order chi connectivity index (χ1) is 10.8. The molecule has 1 atom stereocenters. The predicted octanol–water partition coefficient (Wildman–Crippen LogP) is 3.97. The van der Waals surface area contributed by atoms with Gasteiger partial charge >= 0.3 is 0 Å². The Kier molecular flexibility index (Phi) is 5.60. The van der Waals surface area contributed by atoms with Gasteiger partial charge in [-0.15, -0.1) is 11.3 Å². The Morgan fingerprint density at radius 3 is 2.30 bits per heavy atom. The van der Waals surface area contributed by atoms with Crippen LogP contribution in [0.4, 0.5) is 0 Å². The van der Waals surface area contributed by atoms with Gasteiger partial charge in [-0.3, -0.25) is 4.79 Å². The molecule has 0 bridgehead atoms. The molecule has 0 fully saturated rings. The van der Waals surface area contributed by atoms with E-state index in [-0.39, 0.29) is 11.9 Å². The Bertz CT molecular complexity index is 630. The molecule has 0 aliphatic heterocycles. The van der Waals surface area contributed by atoms with Gasteiger partial charge in [0.25, 0.3) is 0 Å². The van der Waals surface area contributed by atoms with Crippen LogP contribution in [0.3, 0.4) is 0 Å². The molecule has 0 spiro atoms. The Morgan fingerprint density at radius 2 is 1.78 bits per heavy atom. The highest BCUT2D eigenvalue weighted by Crippen LogP contribution is 2.27. The highest BCUT2D eigenvalue weighted by molar-refractivity contribution is 7.10. The molecule has 0 radical (unpaired) electrons. The Labute approximate surface area is 142 Å². The van der Waals surface area contributed by atoms with Crippen LogP contribution in [0, 0.1) is 0 Å². The molecule has 1 aromatic heterocycles. The number of hydrogen-bond acceptors (Lipinski definition) is 3. The molecule has 1 unspecified atom stereocenters. The molecule has 124 valence electrons. The number of benzene rings is 1. The van der Waals surface area contributed by atoms with E-state index in [9.17, 15) is 4.79 Å². The zero-order chi connectivity index (χ0) is 17.0. The van der Waals surface area contributed by atoms with Crippen LogP contribution in [0.5, 0.6) is 0 Å². The number of carbonyl (C=O) groups excluding carboxylic acids is 1. The van der Waals surface area contributed by atoms with Gasteiger partial charge in [-0.1, -0.05) is 44.2 Å². The van der Waals surface area contributed by atoms with E-state index in [0.717, 1.165) is 10.4 Å². The molecule has 2 aromatic rings. The lowest BCUT2D eigenvalue weighted by atomic mass is 9.90. The first-order valence-electron chi connectivity index (χ1n) is 8.00. The van der Waals surface area contributed by atoms with Crippen molar-refractivity contribution in [2.24, 2.45) is 5.73 Å². The molecular formula is C19H26N2OS. The molecule has 0 saturated carbocycles. The van der Waals surface area contributed by atoms with E-state index in [4.69, 9.17) is 5.73 Å². The molecule has 2 rings (SSSR count). The summed E-state index contributed by atoms with van der Waals surface area (Å²) in [5.74, 6) is 0.515. The largest absolute Gasteiger partial charge is 0.353 e. The van der Waals surface area contributed by atoms with Crippen molar-refractivity contribution in [1.29, 1.82) is 0 Å². The van der Waals surface area contributed by atoms with Crippen molar-refractivity contribution in [3.63, 3.8) is 0 Å². The van der Waals surface area contributed by atoms with Crippen LogP contribution < -0.4 is 11.1 Å². The number of rotatable bonds is 6. The molecule has 0 aliphatic carbocycles. The minimum absolute atomic E-state index is 0.00852. The summed E-state index contributed by atoms with van der Waals surface area (Å²) in [5, 5.41) is 4.98. The van der Waals surface area contributed by atoms with E-state index >= 15 is 0 Å². The molecule has 0 saturated heterocycles. The van der Waals surface area contributed by atoms with Crippen LogP contribution >= 0.6 is 11.3 Å². The average Bonchev–Trinajstić information content (AvgIpc) is 3.07. The van der Waals surface area contributed by atoms with Crippen molar-refractivity contribution >= 4 is 17.2 Å². The summed E-state index contributed by atoms with van der Waals surface area (Å²) in [6.07, 6.45) is 0. The fraction of sp³-hybridized carbons (Fsp3) is 0.421. The quantitative estimate of drug-likeness (QED) is 0.842. The van der Waals surface area contributed by atoms with E-state index < -0.39 is 5.41 Å². The first-order valence-corrected chi connectivity index (χ1v) is 8.88. The number of amides is 1. The number of hydrogen-bond donors (Lipinski definition) is 2. The van der Waals surface area contributed by atoms with Gasteiger partial charge in [0, 0.05) is 17.5 Å². The molecule has 1 aromatic carbocycles. The predicted molar refractivity (Wildman–Crippen MR) is 97.8 cm³/mol. The van der Waals surface area contributed by atoms with Gasteiger partial charge in [0.2, 0.25) is 5.91 Å². The summed E-state index contributed by atoms with van der Waals surface area (Å²) in [7, 11) is 0. The van der Waals surface area contributed by atoms with Crippen molar-refractivity contribution in [3.8, 4) is 0 Å². The van der Waals surface area contributed by atoms with E-state index in [1.165, 1.54) is 5.56 Å². The summed E-state index contributed by atoms with van der Waals surface area (Å²) in [6.45, 7) is 8.66. The van der Waals surface area contributed by atoms with Crippen molar-refractivity contribution in [3.05, 3.63) is 57.8 Å². The summed E-state index contributed by atoms with van der Waals surface area (Å²) in [4.78, 5) is 13.5. The van der Waals surface area contributed by atoms with Crippen LogP contribution in [-0.2, 0) is 10.2 Å². The maximum Gasteiger partial charge on any atom is 0.230 e. The van der Waals surface area contributed by atoms with E-state index in [2.05, 4.69) is 43.4 Å². The summed E-state index contributed by atoms with van der Waals surface area (Å²) < 4.78 is 0. The third-order valence-corrected chi connectivity index (χ3v) is 5.41. The van der Waals surface area contributed by atoms with E-state index in [1.54, 1.807) is 11.3 Å². The summed E-state index contributed by atoms with van der Waals surface area (Å²) in [6, 6.07) is 12.1. The second-order valence-electron chi connectivity index (χ2n) is 6.74. The zero-order valence-electron chi connectivity index (χ0n) is 14.3. The van der Waals surface area contributed by atoms with Crippen molar-refractivity contribution in [2.45, 2.75) is 45.1 Å². The Hall–Kier alpha value is -1.65. The third kappa shape index (κ3) is 4.21. The lowest BCUT2D eigenvalue weighted by molar-refractivity contribution is -0.125. The van der Waals surface area contributed by atoms with E-state index in [0.29, 0.717) is 12.5 Å². The van der Waals surface area contributed by atoms with Crippen molar-refractivity contribution in [2.75, 3.05) is 6.54 Å². The standard InChI is InChI=1S/C19H26N2OS/c1-13(2)14-7-9-15(10-8-14)16(20)12-21-18(22)19(3,4)17-6-5-11-23-17/h5-11,13,16H,12,20H2,1-4H3,(H,21,22). The summed E-state index contributed by atoms with van der Waals surface area (Å²) in [5.41, 5.74) is 8.03. The highest BCUT2D eigenvalue weighted by Gasteiger charge is 2.30. The molecule has 0 aliphatic rings. The maximum absolute atomic E-state index is 12.5. The van der Waals surface area contributed by atoms with Gasteiger partial charge in [-0.05, 0) is 42.3 Å². The number of nitrogens with two attached hydrogens (primary N) is 1. The molecule has 3 N–H and O–H groups in total. The topological polar surface area (TPSA) is 55.1 Å². The second kappa shape index (κ2) is 7.28. The van der Waals surface area contributed by atoms with Crippen LogP contribution in [0.2, 0.25) is 0 Å². The summed E-state index contributed by atoms with van der Waals surface area (Å²) >= 11 is 1.60. The van der Waals surface area contributed by atoms with Crippen LogP contribution in [0.25, 0.3) is 0 Å². The van der Waals surface area contributed by atoms with Crippen LogP contribution in [0.1, 0.15) is 55.7 Å². The molecule has 3 nitrogen and oxygen atoms in total. The molecule has 23 heavy (non-hydrogen) atoms. The van der Waals surface area contributed by atoms with Crippen molar-refractivity contribution < 1.29 is 4.79 Å². The Balaban J connectivity index is 1.96. The van der Waals surface area contributed by atoms with E-state index in [1.807, 2.05) is 31.4 Å². The van der Waals surface area contributed by atoms with Crippen LogP contribution in [-0.4, -0.2) is 12.5 Å². The third-order valence-electron chi connectivity index (χ3n) is 4.22. The van der Waals surface area contributed by atoms with Crippen LogP contribution in [0.15, 0.2) is 41.8 Å². The van der Waals surface area contributed by atoms with Gasteiger partial charge in [0.1, 0.15) is 0 Å². The SMILES string of the molecule is CC(C)c1ccc(C(N)CNC(=O)C(C)(C)c2cccs2)cc1.